The van der Waals surface area contributed by atoms with E-state index in [1.807, 2.05) is 0 Å². The van der Waals surface area contributed by atoms with Crippen LogP contribution in [-0.2, 0) is 20.6 Å². The van der Waals surface area contributed by atoms with Crippen LogP contribution >= 0.6 is 0 Å². The van der Waals surface area contributed by atoms with Crippen LogP contribution in [0.15, 0.2) is 23.1 Å². The summed E-state index contributed by atoms with van der Waals surface area (Å²) in [5, 5.41) is 0. The largest absolute Gasteiger partial charge is 0.399 e. The monoisotopic (exact) mass is 265 g/mol. The van der Waals surface area contributed by atoms with E-state index in [4.69, 9.17) is 5.73 Å². The summed E-state index contributed by atoms with van der Waals surface area (Å²) >= 11 is 0. The van der Waals surface area contributed by atoms with Gasteiger partial charge in [0.15, 0.2) is 0 Å². The van der Waals surface area contributed by atoms with Crippen LogP contribution in [0, 0.1) is 5.82 Å². The number of sulfone groups is 1. The van der Waals surface area contributed by atoms with Crippen LogP contribution in [0.4, 0.5) is 10.1 Å². The summed E-state index contributed by atoms with van der Waals surface area (Å²) in [6.45, 7) is 0. The highest BCUT2D eigenvalue weighted by Gasteiger charge is 2.12. The van der Waals surface area contributed by atoms with Gasteiger partial charge in [0.2, 0.25) is 0 Å². The first kappa shape index (κ1) is 13.1. The molecule has 1 rings (SSSR count). The Morgan fingerprint density at radius 3 is 2.56 bits per heavy atom. The van der Waals surface area contributed by atoms with Crippen molar-refractivity contribution in [2.24, 2.45) is 0 Å². The van der Waals surface area contributed by atoms with Crippen molar-refractivity contribution < 1.29 is 17.0 Å². The van der Waals surface area contributed by atoms with Crippen molar-refractivity contribution in [3.63, 3.8) is 0 Å². The lowest BCUT2D eigenvalue weighted by Crippen LogP contribution is -2.12. The Morgan fingerprint density at radius 2 is 2.06 bits per heavy atom. The maximum absolute atomic E-state index is 13.3. The van der Waals surface area contributed by atoms with Crippen molar-refractivity contribution in [2.75, 3.05) is 23.5 Å². The molecule has 90 valence electrons. The summed E-state index contributed by atoms with van der Waals surface area (Å²) < 4.78 is 46.6. The maximum atomic E-state index is 13.3. The molecule has 0 aromatic heterocycles. The number of benzene rings is 1. The van der Waals surface area contributed by atoms with Gasteiger partial charge in [-0.3, -0.25) is 4.21 Å². The Bertz CT molecular complexity index is 513. The number of anilines is 1. The van der Waals surface area contributed by atoms with Crippen molar-refractivity contribution >= 4 is 26.3 Å². The zero-order chi connectivity index (χ0) is 12.3. The Kier molecular flexibility index (Phi) is 4.03. The SMILES string of the molecule is CS(=O)(=O)CCS(=O)c1ccc(N)cc1F. The molecule has 1 aromatic rings. The van der Waals surface area contributed by atoms with E-state index < -0.39 is 26.5 Å². The van der Waals surface area contributed by atoms with Gasteiger partial charge in [0.1, 0.15) is 15.7 Å². The minimum absolute atomic E-state index is 0.0159. The van der Waals surface area contributed by atoms with Gasteiger partial charge in [0, 0.05) is 17.7 Å². The Balaban J connectivity index is 2.82. The lowest BCUT2D eigenvalue weighted by molar-refractivity contribution is 0.594. The molecule has 0 aliphatic rings. The highest BCUT2D eigenvalue weighted by molar-refractivity contribution is 7.92. The summed E-state index contributed by atoms with van der Waals surface area (Å²) in [7, 11) is -4.85. The fourth-order valence-electron chi connectivity index (χ4n) is 1.04. The third kappa shape index (κ3) is 3.90. The summed E-state index contributed by atoms with van der Waals surface area (Å²) in [5.41, 5.74) is 5.57. The molecule has 16 heavy (non-hydrogen) atoms. The maximum Gasteiger partial charge on any atom is 0.148 e. The van der Waals surface area contributed by atoms with Crippen molar-refractivity contribution in [3.8, 4) is 0 Å². The van der Waals surface area contributed by atoms with E-state index in [1.165, 1.54) is 12.1 Å². The van der Waals surface area contributed by atoms with Gasteiger partial charge in [-0.15, -0.1) is 0 Å². The molecular formula is C9H12FNO3S2. The summed E-state index contributed by atoms with van der Waals surface area (Å²) in [6, 6.07) is 3.80. The molecule has 2 N–H and O–H groups in total. The smallest absolute Gasteiger partial charge is 0.148 e. The Hall–Kier alpha value is -0.950. The minimum Gasteiger partial charge on any atom is -0.399 e. The zero-order valence-corrected chi connectivity index (χ0v) is 10.3. The topological polar surface area (TPSA) is 77.2 Å². The molecule has 0 fully saturated rings. The second-order valence-corrected chi connectivity index (χ2v) is 7.17. The summed E-state index contributed by atoms with van der Waals surface area (Å²) in [5.74, 6) is -1.02. The molecule has 0 saturated carbocycles. The van der Waals surface area contributed by atoms with Crippen molar-refractivity contribution in [3.05, 3.63) is 24.0 Å². The Morgan fingerprint density at radius 1 is 1.44 bits per heavy atom. The molecule has 0 bridgehead atoms. The fraction of sp³-hybridized carbons (Fsp3) is 0.333. The molecule has 1 unspecified atom stereocenters. The first-order chi connectivity index (χ1) is 7.29. The molecule has 1 aromatic carbocycles. The zero-order valence-electron chi connectivity index (χ0n) is 8.64. The van der Waals surface area contributed by atoms with Crippen LogP contribution in [0.3, 0.4) is 0 Å². The number of nitrogen functional groups attached to an aromatic ring is 1. The molecule has 1 atom stereocenters. The van der Waals surface area contributed by atoms with Crippen LogP contribution in [0.5, 0.6) is 0 Å². The van der Waals surface area contributed by atoms with E-state index in [0.717, 1.165) is 12.3 Å². The van der Waals surface area contributed by atoms with Crippen LogP contribution < -0.4 is 5.73 Å². The van der Waals surface area contributed by atoms with Crippen LogP contribution in [-0.4, -0.2) is 30.4 Å². The molecule has 0 amide bonds. The van der Waals surface area contributed by atoms with Crippen LogP contribution in [0.2, 0.25) is 0 Å². The lowest BCUT2D eigenvalue weighted by atomic mass is 10.3. The van der Waals surface area contributed by atoms with Crippen LogP contribution in [0.25, 0.3) is 0 Å². The second-order valence-electron chi connectivity index (χ2n) is 3.37. The second kappa shape index (κ2) is 4.92. The van der Waals surface area contributed by atoms with E-state index in [-0.39, 0.29) is 22.1 Å². The molecule has 0 heterocycles. The third-order valence-electron chi connectivity index (χ3n) is 1.84. The van der Waals surface area contributed by atoms with Crippen molar-refractivity contribution in [2.45, 2.75) is 4.90 Å². The number of hydrogen-bond acceptors (Lipinski definition) is 4. The molecule has 0 radical (unpaired) electrons. The van der Waals surface area contributed by atoms with Gasteiger partial charge in [0.25, 0.3) is 0 Å². The average molecular weight is 265 g/mol. The van der Waals surface area contributed by atoms with Gasteiger partial charge in [0.05, 0.1) is 21.4 Å². The molecule has 0 saturated heterocycles. The fourth-order valence-corrected chi connectivity index (χ4v) is 3.57. The van der Waals surface area contributed by atoms with Gasteiger partial charge >= 0.3 is 0 Å². The van der Waals surface area contributed by atoms with Gasteiger partial charge in [-0.25, -0.2) is 12.8 Å². The number of halogens is 1. The van der Waals surface area contributed by atoms with E-state index in [2.05, 4.69) is 0 Å². The summed E-state index contributed by atoms with van der Waals surface area (Å²) in [6.07, 6.45) is 1.05. The quantitative estimate of drug-likeness (QED) is 0.807. The predicted molar refractivity (Wildman–Crippen MR) is 61.8 cm³/mol. The molecule has 0 aliphatic heterocycles. The number of nitrogens with two attached hydrogens (primary N) is 1. The first-order valence-electron chi connectivity index (χ1n) is 4.41. The number of hydrogen-bond donors (Lipinski definition) is 1. The van der Waals surface area contributed by atoms with E-state index >= 15 is 0 Å². The van der Waals surface area contributed by atoms with Crippen molar-refractivity contribution in [1.29, 1.82) is 0 Å². The van der Waals surface area contributed by atoms with E-state index in [9.17, 15) is 17.0 Å². The minimum atomic E-state index is -3.19. The van der Waals surface area contributed by atoms with Gasteiger partial charge in [-0.05, 0) is 18.2 Å². The van der Waals surface area contributed by atoms with Gasteiger partial charge in [-0.2, -0.15) is 0 Å². The molecule has 4 nitrogen and oxygen atoms in total. The van der Waals surface area contributed by atoms with Gasteiger partial charge in [-0.1, -0.05) is 0 Å². The highest BCUT2D eigenvalue weighted by Crippen LogP contribution is 2.15. The molecular weight excluding hydrogens is 253 g/mol. The lowest BCUT2D eigenvalue weighted by Gasteiger charge is -2.03. The number of rotatable bonds is 4. The third-order valence-corrected chi connectivity index (χ3v) is 4.44. The molecule has 0 aliphatic carbocycles. The van der Waals surface area contributed by atoms with Crippen LogP contribution in [0.1, 0.15) is 0 Å². The first-order valence-corrected chi connectivity index (χ1v) is 7.78. The molecule has 7 heteroatoms. The highest BCUT2D eigenvalue weighted by atomic mass is 32.2. The normalized spacial score (nSPS) is 13.6. The summed E-state index contributed by atoms with van der Waals surface area (Å²) in [4.78, 5) is -0.0159. The standard InChI is InChI=1S/C9H12FNO3S2/c1-16(13,14)5-4-15(12)9-3-2-7(11)6-8(9)10/h2-3,6H,4-5,11H2,1H3. The van der Waals surface area contributed by atoms with Crippen molar-refractivity contribution in [1.82, 2.24) is 0 Å². The van der Waals surface area contributed by atoms with Gasteiger partial charge < -0.3 is 5.73 Å². The van der Waals surface area contributed by atoms with E-state index in [1.54, 1.807) is 0 Å². The molecule has 0 spiro atoms. The predicted octanol–water partition coefficient (Wildman–Crippen LogP) is 0.560. The average Bonchev–Trinajstić information content (AvgIpc) is 2.13. The van der Waals surface area contributed by atoms with E-state index in [0.29, 0.717) is 0 Å². The Labute approximate surface area is 96.0 Å².